The van der Waals surface area contributed by atoms with Crippen LogP contribution in [0.2, 0.25) is 0 Å². The fourth-order valence-electron chi connectivity index (χ4n) is 7.48. The van der Waals surface area contributed by atoms with Crippen LogP contribution in [0.3, 0.4) is 0 Å². The third-order valence-corrected chi connectivity index (χ3v) is 8.61. The van der Waals surface area contributed by atoms with Gasteiger partial charge >= 0.3 is 11.9 Å². The highest BCUT2D eigenvalue weighted by atomic mass is 16.6. The van der Waals surface area contributed by atoms with E-state index in [1.54, 1.807) is 0 Å². The molecule has 4 heterocycles. The summed E-state index contributed by atoms with van der Waals surface area (Å²) in [4.78, 5) is 27.3. The number of cyclic esters (lactones) is 1. The number of hydrogen-bond donors (Lipinski definition) is 0. The molecule has 0 aromatic rings. The third-order valence-electron chi connectivity index (χ3n) is 8.61. The lowest BCUT2D eigenvalue weighted by Gasteiger charge is -2.48. The van der Waals surface area contributed by atoms with Gasteiger partial charge in [0.2, 0.25) is 0 Å². The molecule has 0 radical (unpaired) electrons. The minimum absolute atomic E-state index is 0.00362. The first-order valence-electron chi connectivity index (χ1n) is 11.2. The summed E-state index contributed by atoms with van der Waals surface area (Å²) >= 11 is 0. The van der Waals surface area contributed by atoms with E-state index in [1.807, 2.05) is 6.92 Å². The zero-order chi connectivity index (χ0) is 18.9. The number of ether oxygens (including phenoxy) is 2. The minimum Gasteiger partial charge on any atom is -0.462 e. The van der Waals surface area contributed by atoms with E-state index in [1.165, 1.54) is 19.3 Å². The van der Waals surface area contributed by atoms with E-state index in [2.05, 4.69) is 18.7 Å². The summed E-state index contributed by atoms with van der Waals surface area (Å²) < 4.78 is 11.8. The molecule has 0 amide bonds. The molecule has 2 unspecified atom stereocenters. The van der Waals surface area contributed by atoms with Gasteiger partial charge in [-0.15, -0.1) is 0 Å². The topological polar surface area (TPSA) is 55.8 Å². The lowest BCUT2D eigenvalue weighted by Crippen LogP contribution is -2.54. The van der Waals surface area contributed by atoms with Gasteiger partial charge in [0.05, 0.1) is 11.8 Å². The maximum Gasteiger partial charge on any atom is 0.309 e. The zero-order valence-electron chi connectivity index (χ0n) is 16.8. The molecule has 5 rings (SSSR count). The van der Waals surface area contributed by atoms with Crippen molar-refractivity contribution in [3.8, 4) is 0 Å². The van der Waals surface area contributed by atoms with E-state index in [-0.39, 0.29) is 36.0 Å². The average Bonchev–Trinajstić information content (AvgIpc) is 3.20. The van der Waals surface area contributed by atoms with Crippen LogP contribution in [0.15, 0.2) is 0 Å². The normalized spacial score (nSPS) is 52.1. The molecule has 10 atom stereocenters. The highest BCUT2D eigenvalue weighted by molar-refractivity contribution is 5.75. The molecule has 5 nitrogen and oxygen atoms in total. The molecule has 150 valence electrons. The molecule has 0 spiro atoms. The molecule has 5 fully saturated rings. The summed E-state index contributed by atoms with van der Waals surface area (Å²) in [5.74, 6) is 1.94. The molecular weight excluding hydrogens is 342 g/mol. The van der Waals surface area contributed by atoms with Crippen molar-refractivity contribution in [2.24, 2.45) is 35.5 Å². The molecule has 5 heteroatoms. The van der Waals surface area contributed by atoms with Crippen molar-refractivity contribution in [1.29, 1.82) is 0 Å². The monoisotopic (exact) mass is 375 g/mol. The van der Waals surface area contributed by atoms with Gasteiger partial charge in [-0.2, -0.15) is 0 Å². The summed E-state index contributed by atoms with van der Waals surface area (Å²) in [7, 11) is 0. The Bertz CT molecular complexity index is 636. The summed E-state index contributed by atoms with van der Waals surface area (Å²) in [6, 6.07) is 0.865. The second-order valence-electron chi connectivity index (χ2n) is 9.81. The van der Waals surface area contributed by atoms with E-state index in [0.717, 1.165) is 25.8 Å². The van der Waals surface area contributed by atoms with Crippen molar-refractivity contribution in [2.45, 2.75) is 83.6 Å². The van der Waals surface area contributed by atoms with Crippen LogP contribution >= 0.6 is 0 Å². The molecule has 0 N–H and O–H groups in total. The number of rotatable bonds is 2. The molecular formula is C22H33NO4. The van der Waals surface area contributed by atoms with Crippen LogP contribution in [0.5, 0.6) is 0 Å². The fraction of sp³-hybridized carbons (Fsp3) is 0.909. The van der Waals surface area contributed by atoms with Crippen LogP contribution in [0.1, 0.15) is 59.3 Å². The smallest absolute Gasteiger partial charge is 0.309 e. The zero-order valence-corrected chi connectivity index (χ0v) is 16.8. The molecule has 27 heavy (non-hydrogen) atoms. The number of hydrogen-bond acceptors (Lipinski definition) is 5. The van der Waals surface area contributed by atoms with E-state index in [9.17, 15) is 9.59 Å². The molecule has 1 saturated carbocycles. The second-order valence-corrected chi connectivity index (χ2v) is 9.81. The van der Waals surface area contributed by atoms with Crippen molar-refractivity contribution in [3.05, 3.63) is 0 Å². The molecule has 0 aromatic heterocycles. The van der Waals surface area contributed by atoms with E-state index < -0.39 is 0 Å². The predicted molar refractivity (Wildman–Crippen MR) is 99.7 cm³/mol. The van der Waals surface area contributed by atoms with Gasteiger partial charge in [0, 0.05) is 23.9 Å². The second kappa shape index (κ2) is 6.47. The number of fused-ring (bicyclic) bond motifs is 2. The lowest BCUT2D eigenvalue weighted by molar-refractivity contribution is -0.148. The Morgan fingerprint density at radius 2 is 1.85 bits per heavy atom. The molecule has 0 aromatic carbocycles. The van der Waals surface area contributed by atoms with Gasteiger partial charge in [0.15, 0.2) is 0 Å². The number of nitrogens with zero attached hydrogens (tertiary/aromatic N) is 1. The van der Waals surface area contributed by atoms with Gasteiger partial charge in [-0.1, -0.05) is 27.2 Å². The Labute approximate surface area is 162 Å². The van der Waals surface area contributed by atoms with Crippen LogP contribution < -0.4 is 0 Å². The van der Waals surface area contributed by atoms with Crippen LogP contribution in [-0.4, -0.2) is 47.7 Å². The lowest BCUT2D eigenvalue weighted by atomic mass is 9.60. The Morgan fingerprint density at radius 1 is 1.04 bits per heavy atom. The van der Waals surface area contributed by atoms with E-state index in [0.29, 0.717) is 35.8 Å². The highest BCUT2D eigenvalue weighted by Gasteiger charge is 2.63. The van der Waals surface area contributed by atoms with Crippen molar-refractivity contribution in [2.75, 3.05) is 6.54 Å². The van der Waals surface area contributed by atoms with Crippen molar-refractivity contribution in [1.82, 2.24) is 4.90 Å². The van der Waals surface area contributed by atoms with E-state index >= 15 is 0 Å². The third kappa shape index (κ3) is 2.53. The van der Waals surface area contributed by atoms with Gasteiger partial charge in [-0.05, 0) is 50.5 Å². The Morgan fingerprint density at radius 3 is 2.56 bits per heavy atom. The summed E-state index contributed by atoms with van der Waals surface area (Å²) in [6.45, 7) is 7.44. The Hall–Kier alpha value is -1.10. The molecule has 0 bridgehead atoms. The largest absolute Gasteiger partial charge is 0.462 e. The van der Waals surface area contributed by atoms with Crippen LogP contribution in [0.4, 0.5) is 0 Å². The van der Waals surface area contributed by atoms with Crippen LogP contribution in [-0.2, 0) is 19.1 Å². The minimum atomic E-state index is -0.0294. The molecule has 1 aliphatic carbocycles. The Kier molecular flexibility index (Phi) is 4.30. The average molecular weight is 376 g/mol. The first-order valence-corrected chi connectivity index (χ1v) is 11.2. The predicted octanol–water partition coefficient (Wildman–Crippen LogP) is 3.01. The van der Waals surface area contributed by atoms with Gasteiger partial charge in [-0.25, -0.2) is 0 Å². The molecule has 4 saturated heterocycles. The molecule has 5 aliphatic rings. The van der Waals surface area contributed by atoms with Gasteiger partial charge < -0.3 is 9.47 Å². The standard InChI is InChI=1S/C22H33NO4/c1-4-13-14-7-5-6-8-23-16(17-9-11(2)21(24)26-17)10-15(19(14)23)18-12(3)22(25)27-20(13)18/h11-20H,4-10H2,1-3H3/t11-,12-,13+,14+,15?,16?,17-,18+,19+,20-/m0/s1. The fourth-order valence-corrected chi connectivity index (χ4v) is 7.48. The summed E-state index contributed by atoms with van der Waals surface area (Å²) in [5.41, 5.74) is 0. The SMILES string of the molecule is CC[C@@H]1[C@H]2CCCCN3C([C@@H]4C[C@H](C)C(=O)O4)CC([C@@H]4[C@H]1OC(=O)[C@H]4C)[C@@H]23. The highest BCUT2D eigenvalue weighted by Crippen LogP contribution is 2.57. The summed E-state index contributed by atoms with van der Waals surface area (Å²) in [6.07, 6.45) is 6.87. The van der Waals surface area contributed by atoms with Gasteiger partial charge in [0.1, 0.15) is 12.2 Å². The van der Waals surface area contributed by atoms with Crippen LogP contribution in [0, 0.1) is 35.5 Å². The maximum absolute atomic E-state index is 12.5. The number of carbonyl (C=O) groups excluding carboxylic acids is 2. The van der Waals surface area contributed by atoms with Gasteiger partial charge in [0.25, 0.3) is 0 Å². The maximum atomic E-state index is 12.5. The number of esters is 2. The van der Waals surface area contributed by atoms with Crippen molar-refractivity contribution >= 4 is 11.9 Å². The van der Waals surface area contributed by atoms with Gasteiger partial charge in [-0.3, -0.25) is 14.5 Å². The molecule has 4 aliphatic heterocycles. The van der Waals surface area contributed by atoms with E-state index in [4.69, 9.17) is 9.47 Å². The van der Waals surface area contributed by atoms with Crippen LogP contribution in [0.25, 0.3) is 0 Å². The van der Waals surface area contributed by atoms with Crippen molar-refractivity contribution < 1.29 is 19.1 Å². The number of carbonyl (C=O) groups is 2. The van der Waals surface area contributed by atoms with Crippen molar-refractivity contribution in [3.63, 3.8) is 0 Å². The first kappa shape index (κ1) is 18.0. The first-order chi connectivity index (χ1) is 13.0. The summed E-state index contributed by atoms with van der Waals surface area (Å²) in [5, 5.41) is 0. The quantitative estimate of drug-likeness (QED) is 0.695. The Balaban J connectivity index is 1.51.